The smallest absolute Gasteiger partial charge is 0.356 e. The highest BCUT2D eigenvalue weighted by Crippen LogP contribution is 2.32. The van der Waals surface area contributed by atoms with Gasteiger partial charge in [0, 0.05) is 26.0 Å². The van der Waals surface area contributed by atoms with Crippen LogP contribution in [0.15, 0.2) is 59.1 Å². The van der Waals surface area contributed by atoms with Gasteiger partial charge in [-0.25, -0.2) is 9.78 Å². The molecule has 0 unspecified atom stereocenters. The molecule has 0 radical (unpaired) electrons. The first-order chi connectivity index (χ1) is 17.0. The van der Waals surface area contributed by atoms with Crippen molar-refractivity contribution in [2.24, 2.45) is 7.05 Å². The molecule has 9 heteroatoms. The Labute approximate surface area is 203 Å². The van der Waals surface area contributed by atoms with Gasteiger partial charge < -0.3 is 29.1 Å². The first kappa shape index (κ1) is 24.0. The number of ether oxygens (including phenoxy) is 2. The van der Waals surface area contributed by atoms with Crippen molar-refractivity contribution in [3.8, 4) is 0 Å². The number of aryl methyl sites for hydroxylation is 2. The molecule has 0 aliphatic rings. The topological polar surface area (TPSA) is 108 Å². The predicted molar refractivity (Wildman–Crippen MR) is 132 cm³/mol. The fourth-order valence-electron chi connectivity index (χ4n) is 3.90. The number of rotatable bonds is 10. The second kappa shape index (κ2) is 10.9. The fraction of sp³-hybridized carbons (Fsp3) is 0.269. The number of hydrogen-bond acceptors (Lipinski definition) is 7. The van der Waals surface area contributed by atoms with Crippen LogP contribution in [-0.2, 0) is 40.9 Å². The maximum atomic E-state index is 12.8. The lowest BCUT2D eigenvalue weighted by atomic mass is 10.1. The summed E-state index contributed by atoms with van der Waals surface area (Å²) >= 11 is 0. The van der Waals surface area contributed by atoms with E-state index in [4.69, 9.17) is 13.9 Å². The van der Waals surface area contributed by atoms with Crippen molar-refractivity contribution < 1.29 is 23.5 Å². The van der Waals surface area contributed by atoms with E-state index in [0.717, 1.165) is 17.1 Å². The molecule has 182 valence electrons. The minimum atomic E-state index is -0.556. The highest BCUT2D eigenvalue weighted by Gasteiger charge is 2.24. The number of aromatic nitrogens is 2. The van der Waals surface area contributed by atoms with E-state index in [9.17, 15) is 9.59 Å². The molecule has 0 aliphatic heterocycles. The average Bonchev–Trinajstić information content (AvgIpc) is 3.43. The van der Waals surface area contributed by atoms with Gasteiger partial charge in [0.05, 0.1) is 31.2 Å². The molecule has 0 fully saturated rings. The number of anilines is 2. The molecular formula is C26H28N4O5. The van der Waals surface area contributed by atoms with Crippen LogP contribution in [0.25, 0.3) is 11.0 Å². The summed E-state index contributed by atoms with van der Waals surface area (Å²) in [5.74, 6) is 0.727. The summed E-state index contributed by atoms with van der Waals surface area (Å²) in [6.45, 7) is 0.841. The molecule has 4 rings (SSSR count). The van der Waals surface area contributed by atoms with Crippen molar-refractivity contribution in [3.05, 3.63) is 77.5 Å². The third kappa shape index (κ3) is 5.52. The van der Waals surface area contributed by atoms with Gasteiger partial charge in [-0.15, -0.1) is 0 Å². The van der Waals surface area contributed by atoms with Crippen molar-refractivity contribution in [2.45, 2.75) is 26.0 Å². The standard InChI is InChI=1S/C26H28N4O5/c1-30-24(26(32)34-3)23(29-22(31)12-9-17-7-5-4-6-8-17)21-13-18(14-28-25(21)30)27-15-19-10-11-20(35-19)16-33-2/h4-8,10-11,13-14,27H,9,12,15-16H2,1-3H3,(H,29,31). The first-order valence-electron chi connectivity index (χ1n) is 11.2. The van der Waals surface area contributed by atoms with Gasteiger partial charge in [-0.1, -0.05) is 30.3 Å². The molecule has 0 bridgehead atoms. The van der Waals surface area contributed by atoms with Crippen LogP contribution in [-0.4, -0.2) is 35.6 Å². The van der Waals surface area contributed by atoms with E-state index in [1.807, 2.05) is 48.5 Å². The summed E-state index contributed by atoms with van der Waals surface area (Å²) in [6.07, 6.45) is 2.53. The van der Waals surface area contributed by atoms with Gasteiger partial charge in [-0.2, -0.15) is 0 Å². The summed E-state index contributed by atoms with van der Waals surface area (Å²) in [5, 5.41) is 6.82. The number of carbonyl (C=O) groups excluding carboxylic acids is 2. The zero-order chi connectivity index (χ0) is 24.8. The Kier molecular flexibility index (Phi) is 7.47. The van der Waals surface area contributed by atoms with Crippen molar-refractivity contribution >= 4 is 34.3 Å². The number of fused-ring (bicyclic) bond motifs is 1. The quantitative estimate of drug-likeness (QED) is 0.329. The number of hydrogen-bond donors (Lipinski definition) is 2. The second-order valence-electron chi connectivity index (χ2n) is 8.06. The third-order valence-corrected chi connectivity index (χ3v) is 5.62. The molecule has 0 atom stereocenters. The van der Waals surface area contributed by atoms with Gasteiger partial charge >= 0.3 is 5.97 Å². The van der Waals surface area contributed by atoms with Crippen molar-refractivity contribution in [1.82, 2.24) is 9.55 Å². The van der Waals surface area contributed by atoms with Gasteiger partial charge in [0.1, 0.15) is 23.8 Å². The number of methoxy groups -OCH3 is 2. The number of nitrogens with one attached hydrogen (secondary N) is 2. The lowest BCUT2D eigenvalue weighted by Crippen LogP contribution is -2.16. The van der Waals surface area contributed by atoms with Crippen molar-refractivity contribution in [3.63, 3.8) is 0 Å². The average molecular weight is 477 g/mol. The summed E-state index contributed by atoms with van der Waals surface area (Å²) in [6, 6.07) is 15.4. The molecule has 4 aromatic rings. The molecular weight excluding hydrogens is 448 g/mol. The molecule has 1 aromatic carbocycles. The van der Waals surface area contributed by atoms with E-state index in [0.29, 0.717) is 42.0 Å². The van der Waals surface area contributed by atoms with Gasteiger partial charge in [-0.3, -0.25) is 4.79 Å². The summed E-state index contributed by atoms with van der Waals surface area (Å²) < 4.78 is 17.4. The second-order valence-corrected chi connectivity index (χ2v) is 8.06. The predicted octanol–water partition coefficient (Wildman–Crippen LogP) is 4.28. The van der Waals surface area contributed by atoms with E-state index in [1.54, 1.807) is 24.9 Å². The molecule has 35 heavy (non-hydrogen) atoms. The number of esters is 1. The van der Waals surface area contributed by atoms with Crippen LogP contribution in [0, 0.1) is 0 Å². The zero-order valence-electron chi connectivity index (χ0n) is 20.0. The van der Waals surface area contributed by atoms with E-state index in [1.165, 1.54) is 7.11 Å². The van der Waals surface area contributed by atoms with E-state index in [-0.39, 0.29) is 18.0 Å². The summed E-state index contributed by atoms with van der Waals surface area (Å²) in [4.78, 5) is 29.9. The number of pyridine rings is 1. The SMILES string of the molecule is COCc1ccc(CNc2cnc3c(c2)c(NC(=O)CCc2ccccc2)c(C(=O)OC)n3C)o1. The number of nitrogens with zero attached hydrogens (tertiary/aromatic N) is 2. The Balaban J connectivity index is 1.57. The summed E-state index contributed by atoms with van der Waals surface area (Å²) in [5.41, 5.74) is 2.94. The fourth-order valence-corrected chi connectivity index (χ4v) is 3.90. The van der Waals surface area contributed by atoms with Gasteiger partial charge in [0.25, 0.3) is 0 Å². The minimum Gasteiger partial charge on any atom is -0.464 e. The Morgan fingerprint density at radius 3 is 2.60 bits per heavy atom. The number of benzene rings is 1. The van der Waals surface area contributed by atoms with Gasteiger partial charge in [-0.05, 0) is 30.2 Å². The van der Waals surface area contributed by atoms with E-state index >= 15 is 0 Å². The van der Waals surface area contributed by atoms with Gasteiger partial charge in [0.15, 0.2) is 5.69 Å². The van der Waals surface area contributed by atoms with Crippen LogP contribution in [0.2, 0.25) is 0 Å². The van der Waals surface area contributed by atoms with Crippen LogP contribution in [0.5, 0.6) is 0 Å². The maximum Gasteiger partial charge on any atom is 0.356 e. The number of carbonyl (C=O) groups is 2. The molecule has 9 nitrogen and oxygen atoms in total. The van der Waals surface area contributed by atoms with Crippen LogP contribution in [0.1, 0.15) is 34.0 Å². The zero-order valence-corrected chi connectivity index (χ0v) is 20.0. The Morgan fingerprint density at radius 1 is 1.09 bits per heavy atom. The van der Waals surface area contributed by atoms with Crippen LogP contribution in [0.4, 0.5) is 11.4 Å². The van der Waals surface area contributed by atoms with Gasteiger partial charge in [0.2, 0.25) is 5.91 Å². The van der Waals surface area contributed by atoms with Crippen molar-refractivity contribution in [1.29, 1.82) is 0 Å². The summed E-state index contributed by atoms with van der Waals surface area (Å²) in [7, 11) is 4.64. The Hall–Kier alpha value is -4.11. The molecule has 0 saturated carbocycles. The Morgan fingerprint density at radius 2 is 1.86 bits per heavy atom. The largest absolute Gasteiger partial charge is 0.464 e. The molecule has 1 amide bonds. The monoisotopic (exact) mass is 476 g/mol. The lowest BCUT2D eigenvalue weighted by molar-refractivity contribution is -0.116. The highest BCUT2D eigenvalue weighted by molar-refractivity contribution is 6.11. The molecule has 0 aliphatic carbocycles. The van der Waals surface area contributed by atoms with Crippen molar-refractivity contribution in [2.75, 3.05) is 24.9 Å². The minimum absolute atomic E-state index is 0.203. The van der Waals surface area contributed by atoms with E-state index < -0.39 is 5.97 Å². The van der Waals surface area contributed by atoms with E-state index in [2.05, 4.69) is 15.6 Å². The van der Waals surface area contributed by atoms with Crippen LogP contribution >= 0.6 is 0 Å². The number of amides is 1. The molecule has 2 N–H and O–H groups in total. The maximum absolute atomic E-state index is 12.8. The third-order valence-electron chi connectivity index (χ3n) is 5.62. The Bertz CT molecular complexity index is 1330. The normalized spacial score (nSPS) is 10.9. The molecule has 0 saturated heterocycles. The first-order valence-corrected chi connectivity index (χ1v) is 11.2. The molecule has 3 aromatic heterocycles. The number of furan rings is 1. The lowest BCUT2D eigenvalue weighted by Gasteiger charge is -2.08. The molecule has 3 heterocycles. The van der Waals surface area contributed by atoms with Crippen LogP contribution in [0.3, 0.4) is 0 Å². The molecule has 0 spiro atoms. The van der Waals surface area contributed by atoms with Crippen LogP contribution < -0.4 is 10.6 Å². The highest BCUT2D eigenvalue weighted by atomic mass is 16.5.